The molecule has 1 atom stereocenters. The highest BCUT2D eigenvalue weighted by molar-refractivity contribution is 6.07. The van der Waals surface area contributed by atoms with Crippen molar-refractivity contribution in [2.24, 2.45) is 5.92 Å². The molecule has 0 aliphatic carbocycles. The Balaban J connectivity index is 1.40. The third-order valence-corrected chi connectivity index (χ3v) is 6.72. The van der Waals surface area contributed by atoms with E-state index in [0.29, 0.717) is 25.9 Å². The topological polar surface area (TPSA) is 73.0 Å². The van der Waals surface area contributed by atoms with Gasteiger partial charge >= 0.3 is 6.03 Å². The molecule has 30 heavy (non-hydrogen) atoms. The number of likely N-dealkylation sites (tertiary alicyclic amines) is 2. The van der Waals surface area contributed by atoms with Gasteiger partial charge in [0.25, 0.3) is 5.91 Å². The van der Waals surface area contributed by atoms with E-state index in [1.165, 1.54) is 10.5 Å². The average molecular weight is 413 g/mol. The molecule has 4 amide bonds. The number of hydrogen-bond acceptors (Lipinski definition) is 4. The van der Waals surface area contributed by atoms with Crippen LogP contribution >= 0.6 is 0 Å². The van der Waals surface area contributed by atoms with Crippen molar-refractivity contribution < 1.29 is 14.4 Å². The molecule has 0 saturated carbocycles. The third-order valence-electron chi connectivity index (χ3n) is 6.72. The Morgan fingerprint density at radius 1 is 1.13 bits per heavy atom. The van der Waals surface area contributed by atoms with Gasteiger partial charge in [-0.1, -0.05) is 44.2 Å². The smallest absolute Gasteiger partial charge is 0.325 e. The predicted molar refractivity (Wildman–Crippen MR) is 114 cm³/mol. The molecule has 3 heterocycles. The lowest BCUT2D eigenvalue weighted by Gasteiger charge is -2.39. The molecule has 1 N–H and O–H groups in total. The van der Waals surface area contributed by atoms with Gasteiger partial charge in [0.2, 0.25) is 5.91 Å². The van der Waals surface area contributed by atoms with Gasteiger partial charge in [0.05, 0.1) is 6.04 Å². The van der Waals surface area contributed by atoms with Gasteiger partial charge in [0.1, 0.15) is 5.54 Å². The molecule has 3 saturated heterocycles. The maximum absolute atomic E-state index is 13.4. The molecule has 1 unspecified atom stereocenters. The molecule has 0 radical (unpaired) electrons. The first-order valence-electron chi connectivity index (χ1n) is 11.1. The average Bonchev–Trinajstić information content (AvgIpc) is 2.99. The van der Waals surface area contributed by atoms with Crippen LogP contribution in [0, 0.1) is 5.92 Å². The van der Waals surface area contributed by atoms with Crippen LogP contribution in [0.4, 0.5) is 4.79 Å². The van der Waals surface area contributed by atoms with Crippen LogP contribution in [0.5, 0.6) is 0 Å². The van der Waals surface area contributed by atoms with Gasteiger partial charge in [0, 0.05) is 38.6 Å². The number of urea groups is 1. The van der Waals surface area contributed by atoms with E-state index in [2.05, 4.69) is 22.3 Å². The van der Waals surface area contributed by atoms with Crippen molar-refractivity contribution in [2.75, 3.05) is 26.2 Å². The van der Waals surface area contributed by atoms with Crippen LogP contribution in [0.25, 0.3) is 0 Å². The van der Waals surface area contributed by atoms with Crippen molar-refractivity contribution in [2.45, 2.75) is 57.7 Å². The van der Waals surface area contributed by atoms with Crippen LogP contribution in [-0.4, -0.2) is 70.3 Å². The lowest BCUT2D eigenvalue weighted by atomic mass is 9.87. The summed E-state index contributed by atoms with van der Waals surface area (Å²) >= 11 is 0. The normalized spacial score (nSPS) is 24.6. The van der Waals surface area contributed by atoms with E-state index in [9.17, 15) is 14.4 Å². The van der Waals surface area contributed by atoms with E-state index in [1.54, 1.807) is 0 Å². The van der Waals surface area contributed by atoms with Crippen molar-refractivity contribution in [1.29, 1.82) is 0 Å². The Kier molecular flexibility index (Phi) is 5.82. The zero-order chi connectivity index (χ0) is 21.3. The maximum Gasteiger partial charge on any atom is 0.325 e. The minimum Gasteiger partial charge on any atom is -0.340 e. The fraction of sp³-hybridized carbons (Fsp3) is 0.609. The summed E-state index contributed by atoms with van der Waals surface area (Å²) in [7, 11) is 0. The molecule has 3 aliphatic rings. The van der Waals surface area contributed by atoms with Gasteiger partial charge in [-0.2, -0.15) is 0 Å². The molecule has 3 aliphatic heterocycles. The second-order valence-electron chi connectivity index (χ2n) is 9.18. The number of hydrogen-bond donors (Lipinski definition) is 1. The molecule has 4 rings (SSSR count). The lowest BCUT2D eigenvalue weighted by molar-refractivity contribution is -0.140. The molecular weight excluding hydrogens is 380 g/mol. The number of rotatable bonds is 4. The van der Waals surface area contributed by atoms with Crippen LogP contribution in [-0.2, 0) is 16.1 Å². The lowest BCUT2D eigenvalue weighted by Crippen LogP contribution is -2.56. The van der Waals surface area contributed by atoms with Crippen molar-refractivity contribution in [3.63, 3.8) is 0 Å². The highest BCUT2D eigenvalue weighted by atomic mass is 16.2. The molecule has 1 aromatic carbocycles. The maximum atomic E-state index is 13.4. The van der Waals surface area contributed by atoms with Crippen molar-refractivity contribution >= 4 is 17.8 Å². The fourth-order valence-corrected chi connectivity index (χ4v) is 4.98. The predicted octanol–water partition coefficient (Wildman–Crippen LogP) is 2.22. The number of carbonyl (C=O) groups excluding carboxylic acids is 3. The summed E-state index contributed by atoms with van der Waals surface area (Å²) in [6.45, 7) is 7.34. The first-order chi connectivity index (χ1) is 14.4. The van der Waals surface area contributed by atoms with Gasteiger partial charge in [-0.05, 0) is 31.2 Å². The van der Waals surface area contributed by atoms with Gasteiger partial charge in [-0.25, -0.2) is 4.79 Å². The number of piperidine rings is 2. The highest BCUT2D eigenvalue weighted by Gasteiger charge is 2.54. The van der Waals surface area contributed by atoms with Crippen molar-refractivity contribution in [3.05, 3.63) is 35.9 Å². The molecule has 0 bridgehead atoms. The summed E-state index contributed by atoms with van der Waals surface area (Å²) in [6, 6.07) is 9.80. The zero-order valence-corrected chi connectivity index (χ0v) is 18.0. The van der Waals surface area contributed by atoms with Crippen LogP contribution in [0.15, 0.2) is 30.3 Å². The van der Waals surface area contributed by atoms with Crippen LogP contribution in [0.1, 0.15) is 45.1 Å². The molecule has 162 valence electrons. The summed E-state index contributed by atoms with van der Waals surface area (Å²) in [5.41, 5.74) is 0.475. The minimum absolute atomic E-state index is 0.0767. The summed E-state index contributed by atoms with van der Waals surface area (Å²) in [6.07, 6.45) is 2.83. The second-order valence-corrected chi connectivity index (χ2v) is 9.18. The summed E-state index contributed by atoms with van der Waals surface area (Å²) < 4.78 is 0. The van der Waals surface area contributed by atoms with Crippen LogP contribution in [0.3, 0.4) is 0 Å². The zero-order valence-electron chi connectivity index (χ0n) is 18.0. The Morgan fingerprint density at radius 2 is 1.83 bits per heavy atom. The van der Waals surface area contributed by atoms with Gasteiger partial charge in [-0.3, -0.25) is 19.4 Å². The van der Waals surface area contributed by atoms with E-state index >= 15 is 0 Å². The SMILES string of the molecule is CC(C)C(=O)N1CCCC(N2C(=O)NC3(CCN(Cc4ccccc4)CC3)C2=O)C1. The number of nitrogens with one attached hydrogen (secondary N) is 1. The van der Waals surface area contributed by atoms with Crippen LogP contribution < -0.4 is 5.32 Å². The molecule has 1 aromatic rings. The number of amides is 4. The molecule has 7 heteroatoms. The second kappa shape index (κ2) is 8.38. The quantitative estimate of drug-likeness (QED) is 0.770. The third kappa shape index (κ3) is 3.95. The van der Waals surface area contributed by atoms with Crippen LogP contribution in [0.2, 0.25) is 0 Å². The summed E-state index contributed by atoms with van der Waals surface area (Å²) in [5.74, 6) is -0.0847. The first-order valence-corrected chi connectivity index (χ1v) is 11.1. The minimum atomic E-state index is -0.783. The Hall–Kier alpha value is -2.41. The van der Waals surface area contributed by atoms with Crippen molar-refractivity contribution in [1.82, 2.24) is 20.0 Å². The number of benzene rings is 1. The largest absolute Gasteiger partial charge is 0.340 e. The number of carbonyl (C=O) groups is 3. The number of imide groups is 1. The van der Waals surface area contributed by atoms with E-state index in [-0.39, 0.29) is 29.8 Å². The van der Waals surface area contributed by atoms with Gasteiger partial charge < -0.3 is 10.2 Å². The molecule has 0 aromatic heterocycles. The van der Waals surface area contributed by atoms with E-state index in [0.717, 1.165) is 32.5 Å². The monoisotopic (exact) mass is 412 g/mol. The standard InChI is InChI=1S/C23H32N4O3/c1-17(2)20(28)26-12-6-9-19(16-26)27-21(29)23(24-22(27)30)10-13-25(14-11-23)15-18-7-4-3-5-8-18/h3-5,7-8,17,19H,6,9-16H2,1-2H3,(H,24,30). The fourth-order valence-electron chi connectivity index (χ4n) is 4.98. The number of nitrogens with zero attached hydrogens (tertiary/aromatic N) is 3. The summed E-state index contributed by atoms with van der Waals surface area (Å²) in [5, 5.41) is 3.02. The van der Waals surface area contributed by atoms with E-state index in [1.807, 2.05) is 36.9 Å². The molecule has 7 nitrogen and oxygen atoms in total. The summed E-state index contributed by atoms with van der Waals surface area (Å²) in [4.78, 5) is 44.2. The Bertz CT molecular complexity index is 802. The Morgan fingerprint density at radius 3 is 2.50 bits per heavy atom. The molecule has 3 fully saturated rings. The van der Waals surface area contributed by atoms with Crippen molar-refractivity contribution in [3.8, 4) is 0 Å². The van der Waals surface area contributed by atoms with E-state index in [4.69, 9.17) is 0 Å². The first kappa shape index (κ1) is 20.8. The van der Waals surface area contributed by atoms with Gasteiger partial charge in [0.15, 0.2) is 0 Å². The molecular formula is C23H32N4O3. The van der Waals surface area contributed by atoms with E-state index < -0.39 is 5.54 Å². The Labute approximate surface area is 178 Å². The molecule has 1 spiro atoms. The van der Waals surface area contributed by atoms with Gasteiger partial charge in [-0.15, -0.1) is 0 Å². The highest BCUT2D eigenvalue weighted by Crippen LogP contribution is 2.33.